The minimum atomic E-state index is -4.23. The molecule has 0 spiro atoms. The third kappa shape index (κ3) is 8.20. The number of anilines is 1. The molecule has 0 fully saturated rings. The van der Waals surface area contributed by atoms with E-state index in [-0.39, 0.29) is 23.0 Å². The Morgan fingerprint density at radius 2 is 1.64 bits per heavy atom. The molecule has 11 heteroatoms. The number of carbonyl (C=O) groups is 2. The fourth-order valence-corrected chi connectivity index (χ4v) is 6.45. The maximum absolute atomic E-state index is 14.2. The van der Waals surface area contributed by atoms with Crippen molar-refractivity contribution in [3.8, 4) is 5.75 Å². The number of hydrogen-bond acceptors (Lipinski definition) is 6. The number of para-hydroxylation sites is 2. The van der Waals surface area contributed by atoms with E-state index in [1.54, 1.807) is 67.6 Å². The predicted molar refractivity (Wildman–Crippen MR) is 170 cm³/mol. The first kappa shape index (κ1) is 33.3. The van der Waals surface area contributed by atoms with Crippen LogP contribution in [0.15, 0.2) is 82.6 Å². The van der Waals surface area contributed by atoms with Crippen LogP contribution in [0.5, 0.6) is 5.75 Å². The Bertz CT molecular complexity index is 1450. The number of benzene rings is 3. The summed E-state index contributed by atoms with van der Waals surface area (Å²) in [6.45, 7) is 5.79. The highest BCUT2D eigenvalue weighted by Gasteiger charge is 2.35. The van der Waals surface area contributed by atoms with Crippen molar-refractivity contribution in [2.24, 2.45) is 0 Å². The van der Waals surface area contributed by atoms with E-state index < -0.39 is 28.5 Å². The summed E-state index contributed by atoms with van der Waals surface area (Å²) < 4.78 is 35.2. The van der Waals surface area contributed by atoms with Gasteiger partial charge in [-0.1, -0.05) is 55.8 Å². The molecule has 0 bridgehead atoms. The van der Waals surface area contributed by atoms with E-state index in [1.165, 1.54) is 28.8 Å². The molecule has 0 aliphatic carbocycles. The number of thioether (sulfide) groups is 1. The van der Waals surface area contributed by atoms with E-state index in [4.69, 9.17) is 16.3 Å². The lowest BCUT2D eigenvalue weighted by molar-refractivity contribution is -0.140. The molecule has 0 heterocycles. The number of rotatable bonds is 15. The SMILES string of the molecule is CCCNC(=O)[C@@H](CC)N(Cc1ccccc1Cl)C(=O)CN(c1ccccc1OCC)S(=O)(=O)c1ccc(SC)cc1. The summed E-state index contributed by atoms with van der Waals surface area (Å²) in [6, 6.07) is 19.4. The van der Waals surface area contributed by atoms with Crippen LogP contribution in [0.2, 0.25) is 5.02 Å². The monoisotopic (exact) mass is 631 g/mol. The molecule has 42 heavy (non-hydrogen) atoms. The number of amides is 2. The van der Waals surface area contributed by atoms with Crippen LogP contribution in [0.3, 0.4) is 0 Å². The number of hydrogen-bond donors (Lipinski definition) is 1. The molecule has 0 aliphatic heterocycles. The van der Waals surface area contributed by atoms with Crippen molar-refractivity contribution in [3.63, 3.8) is 0 Å². The third-order valence-electron chi connectivity index (χ3n) is 6.59. The first-order valence-electron chi connectivity index (χ1n) is 13.9. The molecular weight excluding hydrogens is 594 g/mol. The zero-order valence-electron chi connectivity index (χ0n) is 24.4. The fraction of sp³-hybridized carbons (Fsp3) is 0.355. The molecule has 3 aromatic carbocycles. The molecule has 0 saturated carbocycles. The van der Waals surface area contributed by atoms with Crippen molar-refractivity contribution in [2.75, 3.05) is 30.3 Å². The van der Waals surface area contributed by atoms with Gasteiger partial charge in [0.05, 0.1) is 17.2 Å². The average Bonchev–Trinajstić information content (AvgIpc) is 3.00. The van der Waals surface area contributed by atoms with Crippen LogP contribution in [0, 0.1) is 0 Å². The molecule has 0 radical (unpaired) electrons. The van der Waals surface area contributed by atoms with Gasteiger partial charge in [0.15, 0.2) is 0 Å². The Labute approximate surface area is 258 Å². The number of sulfonamides is 1. The van der Waals surface area contributed by atoms with Gasteiger partial charge in [-0.2, -0.15) is 0 Å². The summed E-state index contributed by atoms with van der Waals surface area (Å²) in [5.41, 5.74) is 0.869. The first-order chi connectivity index (χ1) is 20.2. The Hall–Kier alpha value is -3.21. The molecular formula is C31H38ClN3O5S2. The molecule has 3 aromatic rings. The van der Waals surface area contributed by atoms with E-state index in [0.717, 1.165) is 15.6 Å². The topological polar surface area (TPSA) is 96.0 Å². The molecule has 0 aromatic heterocycles. The van der Waals surface area contributed by atoms with Crippen LogP contribution in [-0.4, -0.2) is 57.1 Å². The van der Waals surface area contributed by atoms with Gasteiger partial charge in [-0.15, -0.1) is 11.8 Å². The Kier molecular flexibility index (Phi) is 12.6. The number of ether oxygens (including phenoxy) is 1. The van der Waals surface area contributed by atoms with Crippen molar-refractivity contribution in [1.29, 1.82) is 0 Å². The van der Waals surface area contributed by atoms with E-state index in [0.29, 0.717) is 35.9 Å². The maximum Gasteiger partial charge on any atom is 0.264 e. The second-order valence-electron chi connectivity index (χ2n) is 9.42. The quantitative estimate of drug-likeness (QED) is 0.207. The van der Waals surface area contributed by atoms with Crippen molar-refractivity contribution < 1.29 is 22.7 Å². The average molecular weight is 632 g/mol. The van der Waals surface area contributed by atoms with E-state index in [9.17, 15) is 18.0 Å². The van der Waals surface area contributed by atoms with Crippen LogP contribution < -0.4 is 14.4 Å². The van der Waals surface area contributed by atoms with E-state index in [2.05, 4.69) is 5.32 Å². The molecule has 8 nitrogen and oxygen atoms in total. The summed E-state index contributed by atoms with van der Waals surface area (Å²) in [7, 11) is -4.23. The van der Waals surface area contributed by atoms with Crippen LogP contribution >= 0.6 is 23.4 Å². The number of carbonyl (C=O) groups excluding carboxylic acids is 2. The van der Waals surface area contributed by atoms with E-state index >= 15 is 0 Å². The van der Waals surface area contributed by atoms with Gasteiger partial charge in [0.2, 0.25) is 11.8 Å². The summed E-state index contributed by atoms with van der Waals surface area (Å²) in [5, 5.41) is 3.32. The lowest BCUT2D eigenvalue weighted by Gasteiger charge is -2.33. The second kappa shape index (κ2) is 15.9. The van der Waals surface area contributed by atoms with Gasteiger partial charge in [0.25, 0.3) is 10.0 Å². The lowest BCUT2D eigenvalue weighted by Crippen LogP contribution is -2.52. The molecule has 2 amide bonds. The van der Waals surface area contributed by atoms with E-state index in [1.807, 2.05) is 20.1 Å². The van der Waals surface area contributed by atoms with Crippen LogP contribution in [0.25, 0.3) is 0 Å². The fourth-order valence-electron chi connectivity index (χ4n) is 4.42. The summed E-state index contributed by atoms with van der Waals surface area (Å²) in [5.74, 6) is -0.539. The molecule has 0 saturated heterocycles. The van der Waals surface area contributed by atoms with Gasteiger partial charge in [-0.05, 0) is 74.0 Å². The molecule has 0 aliphatic rings. The van der Waals surface area contributed by atoms with Crippen molar-refractivity contribution in [3.05, 3.63) is 83.4 Å². The van der Waals surface area contributed by atoms with Crippen molar-refractivity contribution in [2.45, 2.75) is 56.0 Å². The summed E-state index contributed by atoms with van der Waals surface area (Å²) >= 11 is 7.95. The first-order valence-corrected chi connectivity index (χ1v) is 16.9. The molecule has 3 rings (SSSR count). The Morgan fingerprint density at radius 1 is 0.976 bits per heavy atom. The van der Waals surface area contributed by atoms with Crippen LogP contribution in [0.1, 0.15) is 39.2 Å². The van der Waals surface area contributed by atoms with Gasteiger partial charge in [0.1, 0.15) is 18.3 Å². The zero-order valence-corrected chi connectivity index (χ0v) is 26.8. The standard InChI is InChI=1S/C31H38ClN3O5S2/c1-5-20-33-31(37)27(6-2)34(21-23-12-8-9-13-26(23)32)30(36)22-35(28-14-10-11-15-29(28)40-7-3)42(38,39)25-18-16-24(41-4)17-19-25/h8-19,27H,5-7,20-22H2,1-4H3,(H,33,37)/t27-/m1/s1. The van der Waals surface area contributed by atoms with Crippen LogP contribution in [-0.2, 0) is 26.2 Å². The molecule has 1 N–H and O–H groups in total. The van der Waals surface area contributed by atoms with Gasteiger partial charge in [0, 0.05) is 23.0 Å². The molecule has 1 atom stereocenters. The number of nitrogens with one attached hydrogen (secondary N) is 1. The third-order valence-corrected chi connectivity index (χ3v) is 9.48. The Morgan fingerprint density at radius 3 is 2.26 bits per heavy atom. The van der Waals surface area contributed by atoms with Gasteiger partial charge >= 0.3 is 0 Å². The normalized spacial score (nSPS) is 11.9. The highest BCUT2D eigenvalue weighted by molar-refractivity contribution is 7.98. The second-order valence-corrected chi connectivity index (χ2v) is 12.6. The molecule has 0 unspecified atom stereocenters. The highest BCUT2D eigenvalue weighted by atomic mass is 35.5. The minimum Gasteiger partial charge on any atom is -0.492 e. The zero-order chi connectivity index (χ0) is 30.7. The highest BCUT2D eigenvalue weighted by Crippen LogP contribution is 2.33. The van der Waals surface area contributed by atoms with Crippen LogP contribution in [0.4, 0.5) is 5.69 Å². The number of nitrogens with zero attached hydrogens (tertiary/aromatic N) is 2. The molecule has 226 valence electrons. The minimum absolute atomic E-state index is 0.0278. The predicted octanol–water partition coefficient (Wildman–Crippen LogP) is 5.99. The largest absolute Gasteiger partial charge is 0.492 e. The lowest BCUT2D eigenvalue weighted by atomic mass is 10.1. The smallest absolute Gasteiger partial charge is 0.264 e. The van der Waals surface area contributed by atoms with Gasteiger partial charge < -0.3 is 15.0 Å². The van der Waals surface area contributed by atoms with Crippen molar-refractivity contribution >= 4 is 50.9 Å². The summed E-state index contributed by atoms with van der Waals surface area (Å²) in [6.07, 6.45) is 2.96. The van der Waals surface area contributed by atoms with Gasteiger partial charge in [-0.25, -0.2) is 8.42 Å². The summed E-state index contributed by atoms with van der Waals surface area (Å²) in [4.78, 5) is 29.8. The maximum atomic E-state index is 14.2. The van der Waals surface area contributed by atoms with Gasteiger partial charge in [-0.3, -0.25) is 13.9 Å². The number of halogens is 1. The van der Waals surface area contributed by atoms with Crippen molar-refractivity contribution in [1.82, 2.24) is 10.2 Å². The Balaban J connectivity index is 2.12.